The number of nitrogens with zero attached hydrogens (tertiary/aromatic N) is 3. The highest BCUT2D eigenvalue weighted by Gasteiger charge is 2.25. The van der Waals surface area contributed by atoms with Gasteiger partial charge in [0.2, 0.25) is 0 Å². The molecule has 1 aromatic heterocycles. The zero-order valence-electron chi connectivity index (χ0n) is 12.8. The first kappa shape index (κ1) is 14.9. The van der Waals surface area contributed by atoms with E-state index in [-0.39, 0.29) is 6.09 Å². The van der Waals surface area contributed by atoms with Crippen molar-refractivity contribution in [2.24, 2.45) is 0 Å². The van der Waals surface area contributed by atoms with Crippen molar-refractivity contribution in [2.75, 3.05) is 19.7 Å². The Morgan fingerprint density at radius 3 is 2.65 bits per heavy atom. The molecule has 20 heavy (non-hydrogen) atoms. The van der Waals surface area contributed by atoms with Crippen LogP contribution in [0.4, 0.5) is 4.79 Å². The van der Waals surface area contributed by atoms with E-state index in [0.717, 1.165) is 50.3 Å². The summed E-state index contributed by atoms with van der Waals surface area (Å²) in [6, 6.07) is 0.455. The smallest absolute Gasteiger partial charge is 0.409 e. The highest BCUT2D eigenvalue weighted by molar-refractivity contribution is 5.67. The molecule has 2 heterocycles. The monoisotopic (exact) mass is 279 g/mol. The summed E-state index contributed by atoms with van der Waals surface area (Å²) >= 11 is 0. The number of ether oxygens (including phenoxy) is 1. The zero-order valence-corrected chi connectivity index (χ0v) is 12.8. The number of carbonyl (C=O) groups is 1. The average molecular weight is 279 g/mol. The Hall–Kier alpha value is -1.52. The number of rotatable bonds is 4. The Morgan fingerprint density at radius 2 is 2.10 bits per heavy atom. The molecule has 5 heteroatoms. The van der Waals surface area contributed by atoms with Crippen molar-refractivity contribution in [1.82, 2.24) is 14.5 Å². The van der Waals surface area contributed by atoms with Crippen LogP contribution in [-0.4, -0.2) is 40.2 Å². The molecule has 0 aromatic carbocycles. The second-order valence-corrected chi connectivity index (χ2v) is 5.52. The molecule has 0 N–H and O–H groups in total. The fourth-order valence-electron chi connectivity index (χ4n) is 2.73. The number of imidazole rings is 1. The van der Waals surface area contributed by atoms with E-state index in [1.807, 2.05) is 18.7 Å². The van der Waals surface area contributed by atoms with Gasteiger partial charge >= 0.3 is 6.09 Å². The van der Waals surface area contributed by atoms with Gasteiger partial charge in [-0.25, -0.2) is 9.78 Å². The summed E-state index contributed by atoms with van der Waals surface area (Å²) in [7, 11) is 0. The lowest BCUT2D eigenvalue weighted by molar-refractivity contribution is 0.0873. The number of carbonyl (C=O) groups excluding carboxylic acids is 1. The fourth-order valence-corrected chi connectivity index (χ4v) is 2.73. The molecule has 0 bridgehead atoms. The summed E-state index contributed by atoms with van der Waals surface area (Å²) in [5, 5.41) is 0. The van der Waals surface area contributed by atoms with Crippen LogP contribution in [0.3, 0.4) is 0 Å². The quantitative estimate of drug-likeness (QED) is 0.796. The Bertz CT molecular complexity index is 448. The first-order valence-electron chi connectivity index (χ1n) is 7.55. The number of aryl methyl sites for hydroxylation is 2. The van der Waals surface area contributed by atoms with Gasteiger partial charge in [-0.1, -0.05) is 13.3 Å². The van der Waals surface area contributed by atoms with E-state index in [4.69, 9.17) is 4.74 Å². The van der Waals surface area contributed by atoms with Crippen molar-refractivity contribution < 1.29 is 9.53 Å². The third-order valence-electron chi connectivity index (χ3n) is 3.88. The van der Waals surface area contributed by atoms with Gasteiger partial charge in [0.15, 0.2) is 0 Å². The molecule has 0 atom stereocenters. The molecule has 5 nitrogen and oxygen atoms in total. The maximum absolute atomic E-state index is 11.9. The zero-order chi connectivity index (χ0) is 14.5. The van der Waals surface area contributed by atoms with Crippen molar-refractivity contribution in [3.05, 3.63) is 17.7 Å². The molecular formula is C15H25N3O2. The number of piperidine rings is 1. The van der Waals surface area contributed by atoms with Crippen molar-refractivity contribution >= 4 is 6.09 Å². The van der Waals surface area contributed by atoms with E-state index in [2.05, 4.69) is 22.7 Å². The molecule has 0 radical (unpaired) electrons. The number of amides is 1. The van der Waals surface area contributed by atoms with E-state index < -0.39 is 0 Å². The maximum atomic E-state index is 11.9. The standard InChI is InChI=1S/C15H25N3O2/c1-4-5-10-20-15(19)17-8-6-14(7-9-17)18-11-12(2)16-13(18)3/h11,14H,4-10H2,1-3H3. The minimum Gasteiger partial charge on any atom is -0.449 e. The molecule has 112 valence electrons. The Balaban J connectivity index is 1.83. The van der Waals surface area contributed by atoms with Gasteiger partial charge in [0.1, 0.15) is 5.82 Å². The van der Waals surface area contributed by atoms with Gasteiger partial charge in [-0.3, -0.25) is 0 Å². The Labute approximate surface area is 120 Å². The van der Waals surface area contributed by atoms with Gasteiger partial charge in [-0.05, 0) is 33.1 Å². The minimum absolute atomic E-state index is 0.157. The van der Waals surface area contributed by atoms with Crippen LogP contribution in [0.2, 0.25) is 0 Å². The highest BCUT2D eigenvalue weighted by Crippen LogP contribution is 2.24. The van der Waals surface area contributed by atoms with Gasteiger partial charge in [0, 0.05) is 25.3 Å². The third-order valence-corrected chi connectivity index (χ3v) is 3.88. The van der Waals surface area contributed by atoms with Gasteiger partial charge < -0.3 is 14.2 Å². The number of hydrogen-bond donors (Lipinski definition) is 0. The first-order chi connectivity index (χ1) is 9.61. The Morgan fingerprint density at radius 1 is 1.40 bits per heavy atom. The average Bonchev–Trinajstić information content (AvgIpc) is 2.78. The maximum Gasteiger partial charge on any atom is 0.409 e. The van der Waals surface area contributed by atoms with Crippen LogP contribution in [0, 0.1) is 13.8 Å². The van der Waals surface area contributed by atoms with E-state index in [1.54, 1.807) is 0 Å². The van der Waals surface area contributed by atoms with Crippen LogP contribution in [0.15, 0.2) is 6.20 Å². The third kappa shape index (κ3) is 3.52. The van der Waals surface area contributed by atoms with Crippen molar-refractivity contribution in [1.29, 1.82) is 0 Å². The fraction of sp³-hybridized carbons (Fsp3) is 0.733. The van der Waals surface area contributed by atoms with Crippen molar-refractivity contribution in [2.45, 2.75) is 52.5 Å². The van der Waals surface area contributed by atoms with Gasteiger partial charge in [-0.2, -0.15) is 0 Å². The van der Waals surface area contributed by atoms with Crippen molar-refractivity contribution in [3.8, 4) is 0 Å². The molecule has 1 fully saturated rings. The summed E-state index contributed by atoms with van der Waals surface area (Å²) in [6.07, 6.45) is 5.88. The van der Waals surface area contributed by atoms with Crippen LogP contribution in [0.25, 0.3) is 0 Å². The lowest BCUT2D eigenvalue weighted by Crippen LogP contribution is -2.39. The number of hydrogen-bond acceptors (Lipinski definition) is 3. The normalized spacial score (nSPS) is 16.4. The van der Waals surface area contributed by atoms with E-state index in [0.29, 0.717) is 12.6 Å². The molecule has 1 aliphatic rings. The number of aromatic nitrogens is 2. The molecule has 0 aliphatic carbocycles. The molecule has 1 amide bonds. The van der Waals surface area contributed by atoms with Gasteiger partial charge in [0.25, 0.3) is 0 Å². The molecular weight excluding hydrogens is 254 g/mol. The second-order valence-electron chi connectivity index (χ2n) is 5.52. The first-order valence-corrected chi connectivity index (χ1v) is 7.55. The molecule has 0 unspecified atom stereocenters. The summed E-state index contributed by atoms with van der Waals surface area (Å²) in [4.78, 5) is 18.1. The van der Waals surface area contributed by atoms with Crippen LogP contribution in [0.5, 0.6) is 0 Å². The lowest BCUT2D eigenvalue weighted by Gasteiger charge is -2.32. The van der Waals surface area contributed by atoms with E-state index >= 15 is 0 Å². The van der Waals surface area contributed by atoms with Gasteiger partial charge in [0.05, 0.1) is 12.3 Å². The summed E-state index contributed by atoms with van der Waals surface area (Å²) < 4.78 is 7.50. The number of likely N-dealkylation sites (tertiary alicyclic amines) is 1. The minimum atomic E-state index is -0.157. The van der Waals surface area contributed by atoms with Crippen LogP contribution >= 0.6 is 0 Å². The summed E-state index contributed by atoms with van der Waals surface area (Å²) in [5.74, 6) is 1.06. The molecule has 0 saturated carbocycles. The molecule has 1 saturated heterocycles. The number of unbranched alkanes of at least 4 members (excludes halogenated alkanes) is 1. The highest BCUT2D eigenvalue weighted by atomic mass is 16.6. The van der Waals surface area contributed by atoms with Gasteiger partial charge in [-0.15, -0.1) is 0 Å². The van der Waals surface area contributed by atoms with Crippen LogP contribution in [-0.2, 0) is 4.74 Å². The Kier molecular flexibility index (Phi) is 5.04. The molecule has 1 aliphatic heterocycles. The largest absolute Gasteiger partial charge is 0.449 e. The molecule has 1 aromatic rings. The summed E-state index contributed by atoms with van der Waals surface area (Å²) in [5.41, 5.74) is 1.06. The second kappa shape index (κ2) is 6.77. The van der Waals surface area contributed by atoms with E-state index in [1.165, 1.54) is 0 Å². The molecule has 2 rings (SSSR count). The summed E-state index contributed by atoms with van der Waals surface area (Å²) in [6.45, 7) is 8.23. The van der Waals surface area contributed by atoms with Crippen LogP contribution < -0.4 is 0 Å². The lowest BCUT2D eigenvalue weighted by atomic mass is 10.1. The van der Waals surface area contributed by atoms with E-state index in [9.17, 15) is 4.79 Å². The predicted molar refractivity (Wildman–Crippen MR) is 77.8 cm³/mol. The van der Waals surface area contributed by atoms with Crippen LogP contribution in [0.1, 0.15) is 50.2 Å². The molecule has 0 spiro atoms. The van der Waals surface area contributed by atoms with Crippen molar-refractivity contribution in [3.63, 3.8) is 0 Å². The topological polar surface area (TPSA) is 47.4 Å². The SMILES string of the molecule is CCCCOC(=O)N1CCC(n2cc(C)nc2C)CC1. The predicted octanol–water partition coefficient (Wildman–Crippen LogP) is 3.07.